The first-order chi connectivity index (χ1) is 31.8. The van der Waals surface area contributed by atoms with Gasteiger partial charge >= 0.3 is 5.97 Å². The summed E-state index contributed by atoms with van der Waals surface area (Å²) in [7, 11) is -3.38. The number of carbonyl (C=O) groups is 4. The van der Waals surface area contributed by atoms with Crippen LogP contribution in [0, 0.1) is 16.7 Å². The number of rotatable bonds is 9. The Morgan fingerprint density at radius 2 is 1.79 bits per heavy atom. The van der Waals surface area contributed by atoms with Crippen LogP contribution in [0.15, 0.2) is 54.7 Å². The van der Waals surface area contributed by atoms with Crippen LogP contribution >= 0.6 is 0 Å². The van der Waals surface area contributed by atoms with Gasteiger partial charge in [-0.3, -0.25) is 34.5 Å². The minimum Gasteiger partial charge on any atom is -0.508 e. The predicted molar refractivity (Wildman–Crippen MR) is 255 cm³/mol. The molecule has 2 aromatic heterocycles. The Labute approximate surface area is 393 Å². The van der Waals surface area contributed by atoms with Crippen LogP contribution in [0.2, 0.25) is 0 Å². The topological polar surface area (TPSA) is 202 Å². The smallest absolute Gasteiger partial charge is 0.324 e. The zero-order valence-corrected chi connectivity index (χ0v) is 40.5. The molecule has 15 nitrogen and oxygen atoms in total. The number of esters is 1. The molecule has 6 bridgehead atoms. The summed E-state index contributed by atoms with van der Waals surface area (Å²) in [6, 6.07) is 12.7. The Hall–Kier alpha value is -5.32. The average molecular weight is 936 g/mol. The Bertz CT molecular complexity index is 2740. The number of carbonyl (C=O) groups excluding carboxylic acids is 4. The fraction of sp³-hybridized carbons (Fsp3) is 0.549. The van der Waals surface area contributed by atoms with Gasteiger partial charge in [-0.1, -0.05) is 53.7 Å². The number of likely N-dealkylation sites (tertiary alicyclic amines) is 1. The van der Waals surface area contributed by atoms with Crippen molar-refractivity contribution in [2.75, 3.05) is 26.2 Å². The van der Waals surface area contributed by atoms with E-state index in [0.29, 0.717) is 50.9 Å². The maximum atomic E-state index is 14.8. The van der Waals surface area contributed by atoms with Crippen LogP contribution in [0.25, 0.3) is 33.3 Å². The molecule has 1 spiro atoms. The number of aromatic hydroxyl groups is 1. The standard InChI is InChI=1S/C51H65N7O8S/c1-8-56-41-14-13-32-23-37(41)38(45(56)36-11-9-16-52-43(36)29(2)3)26-50(6,7)28-66-48(62)39-12-10-17-58(55-39)47(61)40(21-31-19-33(32)22-34(59)20-31)54-46(60)44(30(4)5)57-18-15-51(49(57)63)24-35(25-51)67(64,65)42-27-53-42/h9,11,13-14,16,19-20,22-23,29-30,35,39-40,42,44,53,55,59H,8,10,12,15,17-18,21,24-28H2,1-7H3,(H,54,60)/t35?,39-,40-,42+,44-,51?/m0/s1. The van der Waals surface area contributed by atoms with E-state index in [4.69, 9.17) is 9.72 Å². The van der Waals surface area contributed by atoms with E-state index in [9.17, 15) is 32.7 Å². The van der Waals surface area contributed by atoms with Crippen molar-refractivity contribution < 1.29 is 37.4 Å². The second-order valence-electron chi connectivity index (χ2n) is 21.0. The monoisotopic (exact) mass is 935 g/mol. The Morgan fingerprint density at radius 3 is 2.49 bits per heavy atom. The predicted octanol–water partition coefficient (Wildman–Crippen LogP) is 5.62. The highest BCUT2D eigenvalue weighted by Crippen LogP contribution is 2.53. The van der Waals surface area contributed by atoms with Crippen LogP contribution in [0.4, 0.5) is 0 Å². The lowest BCUT2D eigenvalue weighted by atomic mass is 9.67. The molecule has 1 saturated carbocycles. The van der Waals surface area contributed by atoms with E-state index < -0.39 is 67.2 Å². The van der Waals surface area contributed by atoms with Crippen molar-refractivity contribution in [2.45, 2.75) is 135 Å². The largest absolute Gasteiger partial charge is 0.508 e. The molecular weight excluding hydrogens is 871 g/mol. The van der Waals surface area contributed by atoms with Crippen molar-refractivity contribution in [2.24, 2.45) is 16.7 Å². The molecular formula is C51H65N7O8S. The molecule has 4 aliphatic heterocycles. The Morgan fingerprint density at radius 1 is 1.03 bits per heavy atom. The summed E-state index contributed by atoms with van der Waals surface area (Å²) in [4.78, 5) is 64.0. The molecule has 4 aromatic rings. The Balaban J connectivity index is 1.09. The highest BCUT2D eigenvalue weighted by Gasteiger charge is 2.61. The third kappa shape index (κ3) is 8.73. The number of ether oxygens (including phenoxy) is 1. The van der Waals surface area contributed by atoms with Crippen molar-refractivity contribution in [3.63, 3.8) is 0 Å². The minimum atomic E-state index is -3.38. The number of phenols is 1. The van der Waals surface area contributed by atoms with Crippen molar-refractivity contribution in [1.29, 1.82) is 0 Å². The number of cyclic esters (lactones) is 1. The zero-order valence-electron chi connectivity index (χ0n) is 39.7. The number of hydrogen-bond acceptors (Lipinski definition) is 11. The lowest BCUT2D eigenvalue weighted by molar-refractivity contribution is -0.155. The third-order valence-corrected chi connectivity index (χ3v) is 17.1. The van der Waals surface area contributed by atoms with E-state index in [2.05, 4.69) is 73.4 Å². The van der Waals surface area contributed by atoms with E-state index in [0.717, 1.165) is 44.5 Å². The molecule has 2 aromatic carbocycles. The quantitative estimate of drug-likeness (QED) is 0.120. The van der Waals surface area contributed by atoms with Gasteiger partial charge in [0.05, 0.1) is 28.7 Å². The first kappa shape index (κ1) is 46.8. The van der Waals surface area contributed by atoms with Crippen LogP contribution in [0.5, 0.6) is 5.75 Å². The van der Waals surface area contributed by atoms with Gasteiger partial charge < -0.3 is 24.6 Å². The number of nitrogens with zero attached hydrogens (tertiary/aromatic N) is 4. The molecule has 6 heterocycles. The molecule has 5 aliphatic rings. The number of benzene rings is 2. The number of phenolic OH excluding ortho intramolecular Hbond substituents is 1. The molecule has 0 unspecified atom stereocenters. The average Bonchev–Trinajstić information content (AvgIpc) is 4.04. The minimum absolute atomic E-state index is 0.00477. The highest BCUT2D eigenvalue weighted by atomic mass is 32.2. The van der Waals surface area contributed by atoms with Gasteiger partial charge in [0, 0.05) is 60.7 Å². The SMILES string of the molecule is CCn1c(-c2cccnc2C(C)C)c2c3cc(ccc31)-c1cc(O)cc(c1)C[C@H](NC(=O)[C@H](C(C)C)N1CCC3(CC(S(=O)(=O)[C@@H]4CN4)C3)C1=O)C(=O)N1CCC[C@H](N1)C(=O)OCC(C)(C)C2. The van der Waals surface area contributed by atoms with Gasteiger partial charge in [-0.15, -0.1) is 0 Å². The van der Waals surface area contributed by atoms with Crippen LogP contribution < -0.4 is 16.1 Å². The lowest BCUT2D eigenvalue weighted by Crippen LogP contribution is -2.62. The van der Waals surface area contributed by atoms with Gasteiger partial charge in [0.1, 0.15) is 29.2 Å². The number of nitrogens with one attached hydrogen (secondary N) is 3. The molecule has 67 heavy (non-hydrogen) atoms. The van der Waals surface area contributed by atoms with Crippen molar-refractivity contribution in [3.8, 4) is 28.1 Å². The van der Waals surface area contributed by atoms with Gasteiger partial charge in [0.25, 0.3) is 5.91 Å². The van der Waals surface area contributed by atoms with E-state index >= 15 is 0 Å². The first-order valence-electron chi connectivity index (χ1n) is 24.1. The summed E-state index contributed by atoms with van der Waals surface area (Å²) >= 11 is 0. The molecule has 0 radical (unpaired) electrons. The number of aromatic nitrogens is 2. The fourth-order valence-electron chi connectivity index (χ4n) is 11.2. The third-order valence-electron chi connectivity index (χ3n) is 14.7. The van der Waals surface area contributed by atoms with E-state index in [1.165, 1.54) is 5.01 Å². The number of sulfone groups is 1. The summed E-state index contributed by atoms with van der Waals surface area (Å²) in [6.45, 7) is 16.1. The summed E-state index contributed by atoms with van der Waals surface area (Å²) in [6.07, 6.45) is 4.28. The number of hydrazine groups is 1. The molecule has 4 N–H and O–H groups in total. The maximum Gasteiger partial charge on any atom is 0.324 e. The highest BCUT2D eigenvalue weighted by molar-refractivity contribution is 7.93. The summed E-state index contributed by atoms with van der Waals surface area (Å²) in [5, 5.41) is 18.5. The van der Waals surface area contributed by atoms with E-state index in [1.54, 1.807) is 17.0 Å². The van der Waals surface area contributed by atoms with Crippen LogP contribution in [-0.2, 0) is 53.1 Å². The molecule has 9 rings (SSSR count). The number of hydrogen-bond donors (Lipinski definition) is 4. The van der Waals surface area contributed by atoms with Gasteiger partial charge in [0.2, 0.25) is 11.8 Å². The summed E-state index contributed by atoms with van der Waals surface area (Å²) in [5.41, 5.74) is 9.20. The molecule has 4 atom stereocenters. The number of amides is 3. The molecule has 3 amide bonds. The lowest BCUT2D eigenvalue weighted by Gasteiger charge is -2.43. The van der Waals surface area contributed by atoms with Crippen LogP contribution in [0.1, 0.15) is 103 Å². The van der Waals surface area contributed by atoms with E-state index in [-0.39, 0.29) is 55.9 Å². The Kier molecular flexibility index (Phi) is 12.3. The van der Waals surface area contributed by atoms with Gasteiger partial charge in [-0.25, -0.2) is 13.8 Å². The van der Waals surface area contributed by atoms with Crippen molar-refractivity contribution in [1.82, 2.24) is 35.5 Å². The molecule has 3 saturated heterocycles. The molecule has 4 fully saturated rings. The zero-order chi connectivity index (χ0) is 47.7. The number of aryl methyl sites for hydroxylation is 1. The number of fused-ring (bicyclic) bond motifs is 6. The van der Waals surface area contributed by atoms with E-state index in [1.807, 2.05) is 38.2 Å². The second-order valence-corrected chi connectivity index (χ2v) is 23.5. The molecule has 16 heteroatoms. The molecule has 1 aliphatic carbocycles. The van der Waals surface area contributed by atoms with Gasteiger partial charge in [-0.2, -0.15) is 0 Å². The maximum absolute atomic E-state index is 14.8. The number of pyridine rings is 1. The normalized spacial score (nSPS) is 25.9. The van der Waals surface area contributed by atoms with Crippen LogP contribution in [0.3, 0.4) is 0 Å². The van der Waals surface area contributed by atoms with Gasteiger partial charge in [-0.05, 0) is 116 Å². The second kappa shape index (κ2) is 17.6. The van der Waals surface area contributed by atoms with Crippen LogP contribution in [-0.4, -0.2) is 112 Å². The van der Waals surface area contributed by atoms with Gasteiger partial charge in [0.15, 0.2) is 9.84 Å². The summed E-state index contributed by atoms with van der Waals surface area (Å²) < 4.78 is 34.4. The summed E-state index contributed by atoms with van der Waals surface area (Å²) in [5.74, 6) is -1.87. The molecule has 358 valence electrons. The van der Waals surface area contributed by atoms with Crippen molar-refractivity contribution >= 4 is 44.4 Å². The fourth-order valence-corrected chi connectivity index (χ4v) is 13.3. The first-order valence-corrected chi connectivity index (χ1v) is 25.7. The van der Waals surface area contributed by atoms with Crippen molar-refractivity contribution in [3.05, 3.63) is 71.5 Å².